The summed E-state index contributed by atoms with van der Waals surface area (Å²) >= 11 is 0. The highest BCUT2D eigenvalue weighted by atomic mass is 15.1. The van der Waals surface area contributed by atoms with Crippen LogP contribution in [0.2, 0.25) is 0 Å². The molecule has 0 bridgehead atoms. The van der Waals surface area contributed by atoms with Gasteiger partial charge in [-0.1, -0.05) is 30.3 Å². The first-order valence-corrected chi connectivity index (χ1v) is 5.22. The lowest BCUT2D eigenvalue weighted by atomic mass is 9.97. The van der Waals surface area contributed by atoms with Crippen LogP contribution >= 0.6 is 0 Å². The summed E-state index contributed by atoms with van der Waals surface area (Å²) in [5.74, 6) is 0.920. The summed E-state index contributed by atoms with van der Waals surface area (Å²) in [5, 5.41) is 3.69. The molecule has 1 aliphatic carbocycles. The van der Waals surface area contributed by atoms with E-state index in [1.807, 2.05) is 0 Å². The second-order valence-electron chi connectivity index (χ2n) is 4.31. The van der Waals surface area contributed by atoms with Crippen molar-refractivity contribution in [2.75, 3.05) is 6.54 Å². The predicted octanol–water partition coefficient (Wildman–Crippen LogP) is 2.29. The Kier molecular flexibility index (Phi) is 1.50. The molecule has 1 aromatic rings. The van der Waals surface area contributed by atoms with Gasteiger partial charge in [0.25, 0.3) is 0 Å². The summed E-state index contributed by atoms with van der Waals surface area (Å²) in [6.45, 7) is 1.20. The summed E-state index contributed by atoms with van der Waals surface area (Å²) in [4.78, 5) is 0. The maximum atomic E-state index is 3.69. The highest BCUT2D eigenvalue weighted by Gasteiger charge is 2.55. The summed E-state index contributed by atoms with van der Waals surface area (Å²) in [5.41, 5.74) is 1.89. The van der Waals surface area contributed by atoms with Crippen LogP contribution in [0.5, 0.6) is 0 Å². The molecule has 3 rings (SSSR count). The van der Waals surface area contributed by atoms with Crippen molar-refractivity contribution in [3.63, 3.8) is 0 Å². The first-order valence-electron chi connectivity index (χ1n) is 5.22. The molecule has 2 atom stereocenters. The maximum absolute atomic E-state index is 3.69. The Hall–Kier alpha value is -0.820. The normalized spacial score (nSPS) is 36.8. The van der Waals surface area contributed by atoms with E-state index in [1.165, 1.54) is 31.4 Å². The van der Waals surface area contributed by atoms with Gasteiger partial charge in [0.05, 0.1) is 0 Å². The van der Waals surface area contributed by atoms with Crippen molar-refractivity contribution in [1.82, 2.24) is 5.32 Å². The largest absolute Gasteiger partial charge is 0.307 e. The minimum atomic E-state index is 0.388. The lowest BCUT2D eigenvalue weighted by Gasteiger charge is -2.24. The van der Waals surface area contributed by atoms with Gasteiger partial charge in [0, 0.05) is 5.54 Å². The van der Waals surface area contributed by atoms with Crippen molar-refractivity contribution >= 4 is 0 Å². The van der Waals surface area contributed by atoms with Gasteiger partial charge in [-0.3, -0.25) is 0 Å². The van der Waals surface area contributed by atoms with Crippen LogP contribution in [0.15, 0.2) is 30.3 Å². The molecule has 1 nitrogen and oxygen atoms in total. The van der Waals surface area contributed by atoms with E-state index >= 15 is 0 Å². The van der Waals surface area contributed by atoms with Crippen molar-refractivity contribution in [1.29, 1.82) is 0 Å². The number of hydrogen-bond acceptors (Lipinski definition) is 1. The molecule has 0 aromatic heterocycles. The van der Waals surface area contributed by atoms with Crippen LogP contribution in [-0.2, 0) is 5.54 Å². The van der Waals surface area contributed by atoms with Crippen LogP contribution in [0.25, 0.3) is 0 Å². The van der Waals surface area contributed by atoms with Crippen LogP contribution in [0.3, 0.4) is 0 Å². The average Bonchev–Trinajstić information content (AvgIpc) is 2.94. The number of rotatable bonds is 1. The summed E-state index contributed by atoms with van der Waals surface area (Å²) < 4.78 is 0. The molecule has 0 radical (unpaired) electrons. The lowest BCUT2D eigenvalue weighted by molar-refractivity contribution is 0.395. The first-order chi connectivity index (χ1) is 6.42. The lowest BCUT2D eigenvalue weighted by Crippen LogP contribution is -2.35. The van der Waals surface area contributed by atoms with Crippen LogP contribution < -0.4 is 5.32 Å². The van der Waals surface area contributed by atoms with Gasteiger partial charge in [-0.15, -0.1) is 0 Å². The molecule has 1 N–H and O–H groups in total. The first kappa shape index (κ1) is 7.57. The fourth-order valence-corrected chi connectivity index (χ4v) is 2.75. The van der Waals surface area contributed by atoms with E-state index in [1.54, 1.807) is 0 Å². The molecule has 2 aliphatic rings. The topological polar surface area (TPSA) is 12.0 Å². The molecular weight excluding hydrogens is 158 g/mol. The van der Waals surface area contributed by atoms with Gasteiger partial charge in [-0.2, -0.15) is 0 Å². The Balaban J connectivity index is 1.94. The highest BCUT2D eigenvalue weighted by molar-refractivity contribution is 5.33. The van der Waals surface area contributed by atoms with Gasteiger partial charge in [0.2, 0.25) is 0 Å². The molecule has 1 aliphatic heterocycles. The monoisotopic (exact) mass is 173 g/mol. The summed E-state index contributed by atoms with van der Waals surface area (Å²) in [6.07, 6.45) is 4.14. The molecule has 1 aromatic carbocycles. The third-order valence-electron chi connectivity index (χ3n) is 3.56. The van der Waals surface area contributed by atoms with Crippen molar-refractivity contribution in [3.05, 3.63) is 35.9 Å². The third-order valence-corrected chi connectivity index (χ3v) is 3.56. The molecule has 13 heavy (non-hydrogen) atoms. The molecule has 68 valence electrons. The standard InChI is InChI=1S/C12H15N/c1-2-5-10(6-3-1)12-9-11(12)7-4-8-13-12/h1-3,5-6,11,13H,4,7-9H2. The van der Waals surface area contributed by atoms with E-state index in [2.05, 4.69) is 35.6 Å². The number of benzene rings is 1. The van der Waals surface area contributed by atoms with Crippen molar-refractivity contribution in [3.8, 4) is 0 Å². The van der Waals surface area contributed by atoms with E-state index in [0.29, 0.717) is 5.54 Å². The Labute approximate surface area is 79.2 Å². The molecule has 1 heterocycles. The number of piperidine rings is 1. The Morgan fingerprint density at radius 1 is 1.23 bits per heavy atom. The molecule has 1 saturated carbocycles. The summed E-state index contributed by atoms with van der Waals surface area (Å²) in [6, 6.07) is 10.9. The zero-order valence-corrected chi connectivity index (χ0v) is 7.79. The Bertz CT molecular complexity index is 306. The SMILES string of the molecule is c1ccc(C23CC2CCCN3)cc1. The van der Waals surface area contributed by atoms with E-state index < -0.39 is 0 Å². The minimum Gasteiger partial charge on any atom is -0.307 e. The molecule has 0 amide bonds. The van der Waals surface area contributed by atoms with E-state index in [9.17, 15) is 0 Å². The van der Waals surface area contributed by atoms with E-state index in [4.69, 9.17) is 0 Å². The van der Waals surface area contributed by atoms with E-state index in [0.717, 1.165) is 5.92 Å². The average molecular weight is 173 g/mol. The maximum Gasteiger partial charge on any atom is 0.0467 e. The van der Waals surface area contributed by atoms with Gasteiger partial charge in [-0.05, 0) is 37.3 Å². The van der Waals surface area contributed by atoms with Gasteiger partial charge in [-0.25, -0.2) is 0 Å². The fraction of sp³-hybridized carbons (Fsp3) is 0.500. The predicted molar refractivity (Wildman–Crippen MR) is 53.5 cm³/mol. The van der Waals surface area contributed by atoms with Crippen LogP contribution in [0.1, 0.15) is 24.8 Å². The zero-order valence-electron chi connectivity index (χ0n) is 7.79. The third kappa shape index (κ3) is 1.03. The van der Waals surface area contributed by atoms with Crippen LogP contribution in [0.4, 0.5) is 0 Å². The van der Waals surface area contributed by atoms with Gasteiger partial charge in [0.1, 0.15) is 0 Å². The van der Waals surface area contributed by atoms with Gasteiger partial charge >= 0.3 is 0 Å². The molecule has 1 saturated heterocycles. The smallest absolute Gasteiger partial charge is 0.0467 e. The van der Waals surface area contributed by atoms with Gasteiger partial charge in [0.15, 0.2) is 0 Å². The molecule has 2 unspecified atom stereocenters. The zero-order chi connectivity index (χ0) is 8.73. The van der Waals surface area contributed by atoms with Crippen molar-refractivity contribution in [2.24, 2.45) is 5.92 Å². The second kappa shape index (κ2) is 2.58. The van der Waals surface area contributed by atoms with Crippen LogP contribution in [-0.4, -0.2) is 6.54 Å². The highest BCUT2D eigenvalue weighted by Crippen LogP contribution is 2.55. The minimum absolute atomic E-state index is 0.388. The molecule has 1 heteroatoms. The number of hydrogen-bond donors (Lipinski definition) is 1. The van der Waals surface area contributed by atoms with Crippen molar-refractivity contribution < 1.29 is 0 Å². The molecular formula is C12H15N. The molecule has 2 fully saturated rings. The van der Waals surface area contributed by atoms with Crippen LogP contribution in [0, 0.1) is 5.92 Å². The second-order valence-corrected chi connectivity index (χ2v) is 4.31. The van der Waals surface area contributed by atoms with E-state index in [-0.39, 0.29) is 0 Å². The molecule has 0 spiro atoms. The number of nitrogens with one attached hydrogen (secondary N) is 1. The Morgan fingerprint density at radius 2 is 2.08 bits per heavy atom. The summed E-state index contributed by atoms with van der Waals surface area (Å²) in [7, 11) is 0. The quantitative estimate of drug-likeness (QED) is 0.687. The van der Waals surface area contributed by atoms with Crippen molar-refractivity contribution in [2.45, 2.75) is 24.8 Å². The Morgan fingerprint density at radius 3 is 2.85 bits per heavy atom. The van der Waals surface area contributed by atoms with Gasteiger partial charge < -0.3 is 5.32 Å². The number of fused-ring (bicyclic) bond motifs is 1. The fourth-order valence-electron chi connectivity index (χ4n) is 2.75.